The van der Waals surface area contributed by atoms with Crippen molar-refractivity contribution in [2.24, 2.45) is 0 Å². The second-order valence-corrected chi connectivity index (χ2v) is 3.78. The van der Waals surface area contributed by atoms with E-state index in [0.29, 0.717) is 0 Å². The van der Waals surface area contributed by atoms with E-state index in [1.165, 1.54) is 0 Å². The molecule has 2 aromatic carbocycles. The molecule has 0 amide bonds. The summed E-state index contributed by atoms with van der Waals surface area (Å²) in [5, 5.41) is 0.136. The van der Waals surface area contributed by atoms with E-state index < -0.39 is 0 Å². The summed E-state index contributed by atoms with van der Waals surface area (Å²) in [4.78, 5) is 0. The Kier molecular flexibility index (Phi) is 2.11. The first kappa shape index (κ1) is 9.36. The van der Waals surface area contributed by atoms with Crippen LogP contribution in [-0.2, 0) is 0 Å². The Hall–Kier alpha value is -1.87. The molecule has 2 aromatic rings. The third-order valence-electron chi connectivity index (χ3n) is 2.45. The molecule has 0 N–H and O–H groups in total. The van der Waals surface area contributed by atoms with E-state index in [4.69, 9.17) is 21.7 Å². The second-order valence-electron chi connectivity index (χ2n) is 3.45. The molecule has 3 rings (SSSR count). The summed E-state index contributed by atoms with van der Waals surface area (Å²) < 4.78 is 10.9. The van der Waals surface area contributed by atoms with Crippen molar-refractivity contribution in [3.8, 4) is 22.6 Å². The van der Waals surface area contributed by atoms with Gasteiger partial charge in [-0.25, -0.2) is 0 Å². The van der Waals surface area contributed by atoms with Gasteiger partial charge in [0.05, 0.1) is 0 Å². The summed E-state index contributed by atoms with van der Waals surface area (Å²) in [5.74, 6) is 1.47. The maximum Gasteiger partial charge on any atom is 0.363 e. The van der Waals surface area contributed by atoms with Gasteiger partial charge in [-0.3, -0.25) is 0 Å². The van der Waals surface area contributed by atoms with Crippen LogP contribution in [0.3, 0.4) is 0 Å². The molecule has 1 aliphatic heterocycles. The fourth-order valence-corrected chi connectivity index (χ4v) is 1.94. The number of thiocarbonyl (C=S) groups is 1. The summed E-state index contributed by atoms with van der Waals surface area (Å²) >= 11 is 5.00. The lowest BCUT2D eigenvalue weighted by molar-refractivity contribution is 0.412. The van der Waals surface area contributed by atoms with E-state index >= 15 is 0 Å². The van der Waals surface area contributed by atoms with Crippen molar-refractivity contribution in [2.45, 2.75) is 0 Å². The molecule has 78 valence electrons. The van der Waals surface area contributed by atoms with Crippen LogP contribution in [-0.4, -0.2) is 5.24 Å². The summed E-state index contributed by atoms with van der Waals surface area (Å²) in [6.07, 6.45) is 0. The second kappa shape index (κ2) is 3.61. The standard InChI is InChI=1S/C13H8O2S/c16-13-14-11-7-3-1-5-9(11)10-6-2-4-8-12(10)15-13/h1-8H. The van der Waals surface area contributed by atoms with Crippen LogP contribution in [0.2, 0.25) is 0 Å². The number of para-hydroxylation sites is 2. The smallest absolute Gasteiger partial charge is 0.363 e. The zero-order valence-electron chi connectivity index (χ0n) is 8.34. The fraction of sp³-hybridized carbons (Fsp3) is 0. The molecule has 0 aliphatic carbocycles. The molecule has 0 saturated heterocycles. The molecule has 1 heterocycles. The maximum atomic E-state index is 5.45. The Morgan fingerprint density at radius 3 is 1.62 bits per heavy atom. The molecule has 1 aliphatic rings. The van der Waals surface area contributed by atoms with Gasteiger partial charge in [0.15, 0.2) is 0 Å². The Morgan fingerprint density at radius 1 is 0.688 bits per heavy atom. The highest BCUT2D eigenvalue weighted by molar-refractivity contribution is 7.79. The van der Waals surface area contributed by atoms with Gasteiger partial charge in [0.25, 0.3) is 0 Å². The molecule has 16 heavy (non-hydrogen) atoms. The number of hydrogen-bond acceptors (Lipinski definition) is 3. The van der Waals surface area contributed by atoms with Crippen molar-refractivity contribution >= 4 is 17.5 Å². The largest absolute Gasteiger partial charge is 0.417 e. The van der Waals surface area contributed by atoms with E-state index in [0.717, 1.165) is 22.6 Å². The van der Waals surface area contributed by atoms with E-state index in [-0.39, 0.29) is 5.24 Å². The average Bonchev–Trinajstić information content (AvgIpc) is 2.44. The molecular weight excluding hydrogens is 220 g/mol. The lowest BCUT2D eigenvalue weighted by Gasteiger charge is -2.04. The Balaban J connectivity index is 2.30. The molecule has 0 radical (unpaired) electrons. The highest BCUT2D eigenvalue weighted by Crippen LogP contribution is 2.38. The molecule has 2 nitrogen and oxygen atoms in total. The van der Waals surface area contributed by atoms with Crippen LogP contribution in [0.5, 0.6) is 11.5 Å². The fourth-order valence-electron chi connectivity index (χ4n) is 1.76. The van der Waals surface area contributed by atoms with Crippen molar-refractivity contribution in [2.75, 3.05) is 0 Å². The Morgan fingerprint density at radius 2 is 1.12 bits per heavy atom. The third kappa shape index (κ3) is 1.46. The Bertz CT molecular complexity index is 514. The number of fused-ring (bicyclic) bond motifs is 3. The first-order chi connectivity index (χ1) is 7.84. The SMILES string of the molecule is S=C1Oc2ccccc2-c2ccccc2O1. The molecule has 0 saturated carbocycles. The van der Waals surface area contributed by atoms with Gasteiger partial charge in [0.1, 0.15) is 11.5 Å². The molecule has 0 fully saturated rings. The highest BCUT2D eigenvalue weighted by atomic mass is 32.1. The van der Waals surface area contributed by atoms with Crippen LogP contribution in [0.15, 0.2) is 48.5 Å². The van der Waals surface area contributed by atoms with Crippen LogP contribution >= 0.6 is 12.2 Å². The van der Waals surface area contributed by atoms with E-state index in [2.05, 4.69) is 0 Å². The quantitative estimate of drug-likeness (QED) is 0.644. The zero-order valence-corrected chi connectivity index (χ0v) is 9.16. The molecule has 0 spiro atoms. The molecular formula is C13H8O2S. The third-order valence-corrected chi connectivity index (χ3v) is 2.62. The van der Waals surface area contributed by atoms with Gasteiger partial charge in [-0.05, 0) is 12.1 Å². The van der Waals surface area contributed by atoms with Crippen LogP contribution < -0.4 is 9.47 Å². The van der Waals surface area contributed by atoms with Crippen molar-refractivity contribution in [3.63, 3.8) is 0 Å². The van der Waals surface area contributed by atoms with Gasteiger partial charge in [-0.2, -0.15) is 0 Å². The van der Waals surface area contributed by atoms with Crippen molar-refractivity contribution < 1.29 is 9.47 Å². The molecule has 0 aromatic heterocycles. The first-order valence-corrected chi connectivity index (χ1v) is 5.33. The van der Waals surface area contributed by atoms with Crippen molar-refractivity contribution in [1.29, 1.82) is 0 Å². The number of ether oxygens (including phenoxy) is 2. The lowest BCUT2D eigenvalue weighted by atomic mass is 10.0. The van der Waals surface area contributed by atoms with Crippen LogP contribution in [0.4, 0.5) is 0 Å². The van der Waals surface area contributed by atoms with Gasteiger partial charge in [-0.15, -0.1) is 0 Å². The van der Waals surface area contributed by atoms with E-state index in [1.807, 2.05) is 48.5 Å². The summed E-state index contributed by atoms with van der Waals surface area (Å²) in [7, 11) is 0. The van der Waals surface area contributed by atoms with Gasteiger partial charge < -0.3 is 9.47 Å². The summed E-state index contributed by atoms with van der Waals surface area (Å²) in [5.41, 5.74) is 2.00. The van der Waals surface area contributed by atoms with Crippen LogP contribution in [0.25, 0.3) is 11.1 Å². The average molecular weight is 228 g/mol. The van der Waals surface area contributed by atoms with Gasteiger partial charge in [-0.1, -0.05) is 36.4 Å². The molecule has 3 heteroatoms. The lowest BCUT2D eigenvalue weighted by Crippen LogP contribution is -2.11. The summed E-state index contributed by atoms with van der Waals surface area (Å²) in [6, 6.07) is 15.5. The Labute approximate surface area is 98.4 Å². The van der Waals surface area contributed by atoms with Crippen LogP contribution in [0.1, 0.15) is 0 Å². The normalized spacial score (nSPS) is 12.9. The number of rotatable bonds is 0. The molecule has 0 bridgehead atoms. The first-order valence-electron chi connectivity index (χ1n) is 4.93. The van der Waals surface area contributed by atoms with E-state index in [9.17, 15) is 0 Å². The van der Waals surface area contributed by atoms with E-state index in [1.54, 1.807) is 0 Å². The minimum atomic E-state index is 0.136. The van der Waals surface area contributed by atoms with Crippen molar-refractivity contribution in [3.05, 3.63) is 48.5 Å². The highest BCUT2D eigenvalue weighted by Gasteiger charge is 2.18. The van der Waals surface area contributed by atoms with Crippen LogP contribution in [0, 0.1) is 0 Å². The number of hydrogen-bond donors (Lipinski definition) is 0. The van der Waals surface area contributed by atoms with Gasteiger partial charge in [0, 0.05) is 23.3 Å². The predicted molar refractivity (Wildman–Crippen MR) is 65.7 cm³/mol. The monoisotopic (exact) mass is 228 g/mol. The minimum Gasteiger partial charge on any atom is -0.417 e. The summed E-state index contributed by atoms with van der Waals surface area (Å²) in [6.45, 7) is 0. The van der Waals surface area contributed by atoms with Gasteiger partial charge >= 0.3 is 5.24 Å². The molecule has 0 unspecified atom stereocenters. The number of benzene rings is 2. The topological polar surface area (TPSA) is 18.5 Å². The zero-order chi connectivity index (χ0) is 11.0. The molecule has 0 atom stereocenters. The maximum absolute atomic E-state index is 5.45. The predicted octanol–water partition coefficient (Wildman–Crippen LogP) is 3.41. The minimum absolute atomic E-state index is 0.136. The van der Waals surface area contributed by atoms with Crippen molar-refractivity contribution in [1.82, 2.24) is 0 Å². The van der Waals surface area contributed by atoms with Gasteiger partial charge in [0.2, 0.25) is 0 Å².